The molecule has 1 fully saturated rings. The van der Waals surface area contributed by atoms with E-state index in [1.54, 1.807) is 13.2 Å². The van der Waals surface area contributed by atoms with Crippen molar-refractivity contribution in [3.63, 3.8) is 0 Å². The first-order valence-electron chi connectivity index (χ1n) is 6.95. The van der Waals surface area contributed by atoms with Gasteiger partial charge in [0.05, 0.1) is 12.7 Å². The molecule has 3 nitrogen and oxygen atoms in total. The normalized spacial score (nSPS) is 15.9. The van der Waals surface area contributed by atoms with Crippen molar-refractivity contribution in [2.24, 2.45) is 0 Å². The van der Waals surface area contributed by atoms with Crippen LogP contribution in [-0.4, -0.2) is 26.4 Å². The number of methoxy groups -OCH3 is 1. The summed E-state index contributed by atoms with van der Waals surface area (Å²) in [7, 11) is 1.67. The first-order chi connectivity index (χ1) is 9.31. The number of halogens is 1. The van der Waals surface area contributed by atoms with Gasteiger partial charge in [-0.3, -0.25) is 0 Å². The van der Waals surface area contributed by atoms with Gasteiger partial charge >= 0.3 is 0 Å². The van der Waals surface area contributed by atoms with Gasteiger partial charge in [-0.05, 0) is 31.7 Å². The second-order valence-corrected chi connectivity index (χ2v) is 4.92. The maximum atomic E-state index is 13.9. The van der Waals surface area contributed by atoms with Crippen molar-refractivity contribution < 1.29 is 13.9 Å². The topological polar surface area (TPSA) is 30.5 Å². The predicted molar refractivity (Wildman–Crippen MR) is 72.9 cm³/mol. The van der Waals surface area contributed by atoms with Crippen LogP contribution in [0.15, 0.2) is 18.2 Å². The molecule has 0 aliphatic heterocycles. The van der Waals surface area contributed by atoms with Crippen LogP contribution < -0.4 is 10.1 Å². The number of nitrogens with one attached hydrogen (secondary N) is 1. The minimum atomic E-state index is -0.266. The van der Waals surface area contributed by atoms with Crippen LogP contribution in [0, 0.1) is 5.82 Å². The summed E-state index contributed by atoms with van der Waals surface area (Å²) in [5.74, 6) is 0.150. The average Bonchev–Trinajstić information content (AvgIpc) is 2.91. The Hall–Kier alpha value is -1.13. The van der Waals surface area contributed by atoms with Gasteiger partial charge in [0.1, 0.15) is 0 Å². The summed E-state index contributed by atoms with van der Waals surface area (Å²) < 4.78 is 24.7. The van der Waals surface area contributed by atoms with Gasteiger partial charge in [-0.15, -0.1) is 0 Å². The Labute approximate surface area is 114 Å². The maximum Gasteiger partial charge on any atom is 0.165 e. The lowest BCUT2D eigenvalue weighted by molar-refractivity contribution is 0.194. The summed E-state index contributed by atoms with van der Waals surface area (Å²) in [5, 5.41) is 3.22. The van der Waals surface area contributed by atoms with E-state index in [1.807, 2.05) is 6.07 Å². The fourth-order valence-corrected chi connectivity index (χ4v) is 2.39. The average molecular weight is 267 g/mol. The SMILES string of the molecule is COCCNCc1cccc(F)c1OC1CCCC1. The van der Waals surface area contributed by atoms with Gasteiger partial charge in [-0.1, -0.05) is 12.1 Å². The van der Waals surface area contributed by atoms with Crippen molar-refractivity contribution in [1.82, 2.24) is 5.32 Å². The molecule has 0 heterocycles. The van der Waals surface area contributed by atoms with Crippen molar-refractivity contribution in [2.45, 2.75) is 38.3 Å². The molecule has 19 heavy (non-hydrogen) atoms. The zero-order chi connectivity index (χ0) is 13.5. The van der Waals surface area contributed by atoms with Crippen LogP contribution in [0.4, 0.5) is 4.39 Å². The highest BCUT2D eigenvalue weighted by Crippen LogP contribution is 2.29. The maximum absolute atomic E-state index is 13.9. The molecule has 0 unspecified atom stereocenters. The zero-order valence-corrected chi connectivity index (χ0v) is 11.5. The van der Waals surface area contributed by atoms with E-state index in [0.29, 0.717) is 18.9 Å². The van der Waals surface area contributed by atoms with Crippen LogP contribution in [0.1, 0.15) is 31.2 Å². The van der Waals surface area contributed by atoms with E-state index in [2.05, 4.69) is 5.32 Å². The predicted octanol–water partition coefficient (Wildman–Crippen LogP) is 2.88. The highest BCUT2D eigenvalue weighted by molar-refractivity contribution is 5.35. The van der Waals surface area contributed by atoms with Crippen LogP contribution in [0.2, 0.25) is 0 Å². The molecule has 1 aromatic carbocycles. The molecule has 0 aromatic heterocycles. The van der Waals surface area contributed by atoms with Gasteiger partial charge in [0.15, 0.2) is 11.6 Å². The highest BCUT2D eigenvalue weighted by Gasteiger charge is 2.19. The van der Waals surface area contributed by atoms with Crippen LogP contribution in [0.3, 0.4) is 0 Å². The van der Waals surface area contributed by atoms with Crippen molar-refractivity contribution >= 4 is 0 Å². The van der Waals surface area contributed by atoms with Crippen LogP contribution in [-0.2, 0) is 11.3 Å². The lowest BCUT2D eigenvalue weighted by atomic mass is 10.2. The Bertz CT molecular complexity index is 392. The monoisotopic (exact) mass is 267 g/mol. The van der Waals surface area contributed by atoms with E-state index in [-0.39, 0.29) is 11.9 Å². The van der Waals surface area contributed by atoms with Crippen molar-refractivity contribution in [3.05, 3.63) is 29.6 Å². The summed E-state index contributed by atoms with van der Waals surface area (Å²) >= 11 is 0. The Morgan fingerprint density at radius 1 is 1.32 bits per heavy atom. The molecule has 0 spiro atoms. The third-order valence-corrected chi connectivity index (χ3v) is 3.43. The number of hydrogen-bond donors (Lipinski definition) is 1. The summed E-state index contributed by atoms with van der Waals surface area (Å²) in [6.07, 6.45) is 4.60. The minimum Gasteiger partial charge on any atom is -0.487 e. The van der Waals surface area contributed by atoms with Crippen LogP contribution in [0.25, 0.3) is 0 Å². The van der Waals surface area contributed by atoms with E-state index >= 15 is 0 Å². The zero-order valence-electron chi connectivity index (χ0n) is 11.5. The van der Waals surface area contributed by atoms with Crippen LogP contribution >= 0.6 is 0 Å². The molecule has 0 amide bonds. The summed E-state index contributed by atoms with van der Waals surface area (Å²) in [4.78, 5) is 0. The molecule has 0 bridgehead atoms. The summed E-state index contributed by atoms with van der Waals surface area (Å²) in [5.41, 5.74) is 0.878. The molecule has 4 heteroatoms. The van der Waals surface area contributed by atoms with Gasteiger partial charge in [-0.25, -0.2) is 4.39 Å². The molecule has 1 saturated carbocycles. The van der Waals surface area contributed by atoms with E-state index in [4.69, 9.17) is 9.47 Å². The van der Waals surface area contributed by atoms with Gasteiger partial charge in [0.2, 0.25) is 0 Å². The standard InChI is InChI=1S/C15H22FNO2/c1-18-10-9-17-11-12-5-4-8-14(16)15(12)19-13-6-2-3-7-13/h4-5,8,13,17H,2-3,6-7,9-11H2,1H3. The molecule has 0 atom stereocenters. The third-order valence-electron chi connectivity index (χ3n) is 3.43. The Morgan fingerprint density at radius 2 is 2.11 bits per heavy atom. The lowest BCUT2D eigenvalue weighted by Crippen LogP contribution is -2.20. The molecule has 2 rings (SSSR count). The fraction of sp³-hybridized carbons (Fsp3) is 0.600. The van der Waals surface area contributed by atoms with Gasteiger partial charge in [0, 0.05) is 25.8 Å². The first-order valence-corrected chi connectivity index (χ1v) is 6.95. The molecular weight excluding hydrogens is 245 g/mol. The molecule has 0 radical (unpaired) electrons. The molecule has 1 aliphatic rings. The van der Waals surface area contributed by atoms with Crippen LogP contribution in [0.5, 0.6) is 5.75 Å². The lowest BCUT2D eigenvalue weighted by Gasteiger charge is -2.17. The van der Waals surface area contributed by atoms with Crippen molar-refractivity contribution in [1.29, 1.82) is 0 Å². The second kappa shape index (κ2) is 7.46. The molecule has 1 aromatic rings. The van der Waals surface area contributed by atoms with E-state index in [9.17, 15) is 4.39 Å². The van der Waals surface area contributed by atoms with Gasteiger partial charge < -0.3 is 14.8 Å². The quantitative estimate of drug-likeness (QED) is 0.771. The van der Waals surface area contributed by atoms with E-state index in [0.717, 1.165) is 24.9 Å². The second-order valence-electron chi connectivity index (χ2n) is 4.92. The number of para-hydroxylation sites is 1. The summed E-state index contributed by atoms with van der Waals surface area (Å²) in [6.45, 7) is 1.99. The van der Waals surface area contributed by atoms with Crippen molar-refractivity contribution in [2.75, 3.05) is 20.3 Å². The Balaban J connectivity index is 1.98. The third kappa shape index (κ3) is 4.18. The Kier molecular flexibility index (Phi) is 5.61. The highest BCUT2D eigenvalue weighted by atomic mass is 19.1. The molecule has 106 valence electrons. The number of benzene rings is 1. The van der Waals surface area contributed by atoms with E-state index in [1.165, 1.54) is 18.9 Å². The molecular formula is C15H22FNO2. The van der Waals surface area contributed by atoms with Gasteiger partial charge in [-0.2, -0.15) is 0 Å². The molecule has 1 aliphatic carbocycles. The number of rotatable bonds is 7. The largest absolute Gasteiger partial charge is 0.487 e. The number of hydrogen-bond acceptors (Lipinski definition) is 3. The minimum absolute atomic E-state index is 0.176. The van der Waals surface area contributed by atoms with Crippen molar-refractivity contribution in [3.8, 4) is 5.75 Å². The first kappa shape index (κ1) is 14.3. The molecule has 0 saturated heterocycles. The molecule has 1 N–H and O–H groups in total. The number of ether oxygens (including phenoxy) is 2. The smallest absolute Gasteiger partial charge is 0.165 e. The summed E-state index contributed by atoms with van der Waals surface area (Å²) in [6, 6.07) is 5.10. The van der Waals surface area contributed by atoms with E-state index < -0.39 is 0 Å². The fourth-order valence-electron chi connectivity index (χ4n) is 2.39. The Morgan fingerprint density at radius 3 is 2.84 bits per heavy atom. The van der Waals surface area contributed by atoms with Gasteiger partial charge in [0.25, 0.3) is 0 Å².